The second-order valence-corrected chi connectivity index (χ2v) is 14.4. The number of non-ortho nitro benzene ring substituents is 1. The third-order valence-corrected chi connectivity index (χ3v) is 11.1. The average molecular weight is 735 g/mol. The van der Waals surface area contributed by atoms with Gasteiger partial charge in [0, 0.05) is 34.8 Å². The first-order valence-electron chi connectivity index (χ1n) is 16.2. The van der Waals surface area contributed by atoms with Crippen LogP contribution in [-0.2, 0) is 19.6 Å². The van der Waals surface area contributed by atoms with Crippen LogP contribution in [0.15, 0.2) is 130 Å². The number of carbonyl (C=O) groups excluding carboxylic acids is 1. The number of benzene rings is 4. The second kappa shape index (κ2) is 13.9. The third kappa shape index (κ3) is 6.11. The number of thiazole rings is 1. The second-order valence-electron chi connectivity index (χ2n) is 11.6. The molecule has 1 aliphatic heterocycles. The largest absolute Gasteiger partial charge is 0.494 e. The summed E-state index contributed by atoms with van der Waals surface area (Å²) in [6, 6.07) is 27.0. The topological polar surface area (TPSA) is 152 Å². The van der Waals surface area contributed by atoms with Gasteiger partial charge in [0.05, 0.1) is 50.4 Å². The molecule has 0 unspecified atom stereocenters. The van der Waals surface area contributed by atoms with Gasteiger partial charge in [0.1, 0.15) is 5.75 Å². The molecular weight excluding hydrogens is 705 g/mol. The van der Waals surface area contributed by atoms with Crippen molar-refractivity contribution in [1.82, 2.24) is 8.54 Å². The Balaban J connectivity index is 1.46. The van der Waals surface area contributed by atoms with E-state index in [0.29, 0.717) is 50.4 Å². The van der Waals surface area contributed by atoms with Crippen LogP contribution in [0.4, 0.5) is 5.69 Å². The summed E-state index contributed by atoms with van der Waals surface area (Å²) >= 11 is 1.10. The summed E-state index contributed by atoms with van der Waals surface area (Å²) in [6.45, 7) is 4.15. The minimum absolute atomic E-state index is 0.105. The fraction of sp³-hybridized carbons (Fsp3) is 0.132. The van der Waals surface area contributed by atoms with Crippen molar-refractivity contribution in [3.63, 3.8) is 0 Å². The molecule has 0 saturated heterocycles. The Kier molecular flexibility index (Phi) is 9.17. The van der Waals surface area contributed by atoms with Crippen LogP contribution in [0.25, 0.3) is 22.7 Å². The Morgan fingerprint density at radius 3 is 2.40 bits per heavy atom. The molecule has 6 aromatic rings. The lowest BCUT2D eigenvalue weighted by atomic mass is 9.93. The van der Waals surface area contributed by atoms with Gasteiger partial charge in [0.25, 0.3) is 21.3 Å². The molecule has 0 aliphatic carbocycles. The molecule has 0 spiro atoms. The van der Waals surface area contributed by atoms with Crippen LogP contribution < -0.4 is 19.6 Å². The molecule has 0 bridgehead atoms. The summed E-state index contributed by atoms with van der Waals surface area (Å²) in [4.78, 5) is 44.0. The highest BCUT2D eigenvalue weighted by Gasteiger charge is 2.35. The summed E-state index contributed by atoms with van der Waals surface area (Å²) in [7, 11) is -4.29. The molecule has 0 radical (unpaired) electrons. The van der Waals surface area contributed by atoms with Gasteiger partial charge in [-0.3, -0.25) is 19.5 Å². The normalized spacial score (nSPS) is 14.6. The van der Waals surface area contributed by atoms with Gasteiger partial charge in [-0.05, 0) is 49.8 Å². The third-order valence-electron chi connectivity index (χ3n) is 8.46. The van der Waals surface area contributed by atoms with Crippen molar-refractivity contribution in [2.24, 2.45) is 4.99 Å². The van der Waals surface area contributed by atoms with Gasteiger partial charge in [-0.2, -0.15) is 0 Å². The summed E-state index contributed by atoms with van der Waals surface area (Å²) < 4.78 is 41.7. The number of carbonyl (C=O) groups is 1. The minimum atomic E-state index is -4.29. The lowest BCUT2D eigenvalue weighted by molar-refractivity contribution is -0.385. The highest BCUT2D eigenvalue weighted by Crippen LogP contribution is 2.36. The van der Waals surface area contributed by atoms with Crippen molar-refractivity contribution in [3.05, 3.63) is 161 Å². The van der Waals surface area contributed by atoms with Crippen molar-refractivity contribution in [2.45, 2.75) is 24.8 Å². The van der Waals surface area contributed by atoms with Gasteiger partial charge in [0.2, 0.25) is 0 Å². The number of aromatic nitrogens is 2. The number of rotatable bonds is 10. The number of esters is 1. The standard InChI is InChI=1S/C38H30N4O8S2/c1-3-49-28-19-17-25(18-20-28)35-33(37(44)50-4-2)34(24-11-6-5-7-12-24)39-38-41(35)36(43)32(51-38)21-26-23-40(31-16-9-8-15-30(26)31)52(47,48)29-14-10-13-27(22-29)42(45)46/h5-23,35H,3-4H2,1-2H3/b32-21-/t35-/m1/s1. The van der Waals surface area contributed by atoms with E-state index in [-0.39, 0.29) is 27.3 Å². The van der Waals surface area contributed by atoms with Crippen molar-refractivity contribution in [2.75, 3.05) is 13.2 Å². The molecule has 12 nitrogen and oxygen atoms in total. The Bertz CT molecular complexity index is 2690. The first-order valence-corrected chi connectivity index (χ1v) is 18.5. The molecule has 0 fully saturated rings. The molecule has 1 aliphatic rings. The van der Waals surface area contributed by atoms with E-state index < -0.39 is 32.5 Å². The predicted octanol–water partition coefficient (Wildman–Crippen LogP) is 5.43. The van der Waals surface area contributed by atoms with Crippen molar-refractivity contribution < 1.29 is 27.6 Å². The highest BCUT2D eigenvalue weighted by atomic mass is 32.2. The molecule has 0 N–H and O–H groups in total. The Hall–Kier alpha value is -6.12. The van der Waals surface area contributed by atoms with E-state index in [9.17, 15) is 28.1 Å². The first-order chi connectivity index (χ1) is 25.1. The zero-order valence-corrected chi connectivity index (χ0v) is 29.5. The van der Waals surface area contributed by atoms with Gasteiger partial charge in [0.15, 0.2) is 4.80 Å². The molecule has 1 atom stereocenters. The molecule has 7 rings (SSSR count). The van der Waals surface area contributed by atoms with Crippen LogP contribution in [0, 0.1) is 10.1 Å². The molecule has 2 aromatic heterocycles. The zero-order chi connectivity index (χ0) is 36.6. The lowest BCUT2D eigenvalue weighted by Gasteiger charge is -2.26. The van der Waals surface area contributed by atoms with Crippen LogP contribution in [0.1, 0.15) is 36.6 Å². The lowest BCUT2D eigenvalue weighted by Crippen LogP contribution is -2.40. The van der Waals surface area contributed by atoms with Gasteiger partial charge < -0.3 is 9.47 Å². The van der Waals surface area contributed by atoms with Crippen molar-refractivity contribution in [1.29, 1.82) is 0 Å². The molecule has 262 valence electrons. The molecule has 0 saturated carbocycles. The predicted molar refractivity (Wildman–Crippen MR) is 196 cm³/mol. The molecule has 4 aromatic carbocycles. The number of nitrogens with zero attached hydrogens (tertiary/aromatic N) is 4. The van der Waals surface area contributed by atoms with E-state index in [2.05, 4.69) is 0 Å². The number of hydrogen-bond acceptors (Lipinski definition) is 10. The van der Waals surface area contributed by atoms with Crippen LogP contribution in [0.3, 0.4) is 0 Å². The monoisotopic (exact) mass is 734 g/mol. The SMILES string of the molecule is CCOC(=O)C1=C(c2ccccc2)N=c2s/c(=C\c3cn(S(=O)(=O)c4cccc([N+](=O)[O-])c4)c4ccccc34)c(=O)n2[C@@H]1c1ccc(OCC)cc1. The fourth-order valence-corrected chi connectivity index (χ4v) is 8.58. The Labute approximate surface area is 301 Å². The maximum atomic E-state index is 14.5. The number of nitro groups is 1. The van der Waals surface area contributed by atoms with E-state index in [4.69, 9.17) is 14.5 Å². The highest BCUT2D eigenvalue weighted by molar-refractivity contribution is 7.90. The first kappa shape index (κ1) is 34.3. The van der Waals surface area contributed by atoms with Gasteiger partial charge in [-0.25, -0.2) is 22.2 Å². The van der Waals surface area contributed by atoms with Crippen molar-refractivity contribution >= 4 is 55.7 Å². The van der Waals surface area contributed by atoms with Gasteiger partial charge >= 0.3 is 5.97 Å². The fourth-order valence-electron chi connectivity index (χ4n) is 6.17. The number of nitro benzene ring substituents is 1. The maximum Gasteiger partial charge on any atom is 0.338 e. The van der Waals surface area contributed by atoms with E-state index in [1.807, 2.05) is 37.3 Å². The van der Waals surface area contributed by atoms with Crippen LogP contribution >= 0.6 is 11.3 Å². The summed E-state index contributed by atoms with van der Waals surface area (Å²) in [5, 5.41) is 12.0. The Morgan fingerprint density at radius 2 is 1.69 bits per heavy atom. The van der Waals surface area contributed by atoms with Gasteiger partial charge in [-0.15, -0.1) is 0 Å². The molecule has 0 amide bonds. The quantitative estimate of drug-likeness (QED) is 0.103. The smallest absolute Gasteiger partial charge is 0.338 e. The summed E-state index contributed by atoms with van der Waals surface area (Å²) in [6.07, 6.45) is 2.98. The number of hydrogen-bond donors (Lipinski definition) is 0. The van der Waals surface area contributed by atoms with Crippen LogP contribution in [0.5, 0.6) is 5.75 Å². The van der Waals surface area contributed by atoms with E-state index >= 15 is 0 Å². The van der Waals surface area contributed by atoms with Gasteiger partial charge in [-0.1, -0.05) is 78.1 Å². The molecule has 14 heteroatoms. The Morgan fingerprint density at radius 1 is 0.962 bits per heavy atom. The maximum absolute atomic E-state index is 14.5. The van der Waals surface area contributed by atoms with Crippen LogP contribution in [-0.4, -0.2) is 41.1 Å². The number of para-hydroxylation sites is 1. The average Bonchev–Trinajstić information content (AvgIpc) is 3.69. The van der Waals surface area contributed by atoms with E-state index in [1.54, 1.807) is 61.5 Å². The minimum Gasteiger partial charge on any atom is -0.494 e. The number of ether oxygens (including phenoxy) is 2. The number of fused-ring (bicyclic) bond motifs is 2. The van der Waals surface area contributed by atoms with Crippen LogP contribution in [0.2, 0.25) is 0 Å². The van der Waals surface area contributed by atoms with Crippen molar-refractivity contribution in [3.8, 4) is 5.75 Å². The summed E-state index contributed by atoms with van der Waals surface area (Å²) in [5.41, 5.74) is 1.77. The molecular formula is C38H30N4O8S2. The molecule has 3 heterocycles. The zero-order valence-electron chi connectivity index (χ0n) is 27.8. The molecule has 52 heavy (non-hydrogen) atoms. The van der Waals surface area contributed by atoms with E-state index in [0.717, 1.165) is 21.4 Å². The summed E-state index contributed by atoms with van der Waals surface area (Å²) in [5.74, 6) is 0.00717. The van der Waals surface area contributed by atoms with E-state index in [1.165, 1.54) is 29.0 Å².